The second-order valence-electron chi connectivity index (χ2n) is 8.68. The van der Waals surface area contributed by atoms with Crippen LogP contribution in [0.1, 0.15) is 71.7 Å². The molecule has 0 radical (unpaired) electrons. The molecule has 170 valence electrons. The Bertz CT molecular complexity index is 1290. The molecule has 1 aliphatic carbocycles. The average molecular weight is 451 g/mol. The number of aromatic nitrogens is 2. The van der Waals surface area contributed by atoms with Crippen molar-refractivity contribution in [1.29, 1.82) is 10.5 Å². The van der Waals surface area contributed by atoms with E-state index in [1.165, 1.54) is 0 Å². The van der Waals surface area contributed by atoms with Gasteiger partial charge in [-0.05, 0) is 61.1 Å². The number of nitrogens with zero attached hydrogens (tertiary/aromatic N) is 4. The summed E-state index contributed by atoms with van der Waals surface area (Å²) < 4.78 is 8.29. The van der Waals surface area contributed by atoms with Crippen molar-refractivity contribution in [3.05, 3.63) is 88.5 Å². The maximum atomic E-state index is 10.8. The van der Waals surface area contributed by atoms with Gasteiger partial charge >= 0.3 is 0 Å². The fraction of sp³-hybridized carbons (Fsp3) is 0.321. The number of aryl methyl sites for hydroxylation is 1. The number of hydrogen-bond donors (Lipinski definition) is 1. The lowest BCUT2D eigenvalue weighted by atomic mass is 9.85. The molecule has 1 heterocycles. The van der Waals surface area contributed by atoms with E-state index in [1.807, 2.05) is 29.8 Å². The van der Waals surface area contributed by atoms with Crippen molar-refractivity contribution < 1.29 is 9.84 Å². The van der Waals surface area contributed by atoms with E-state index in [0.717, 1.165) is 36.1 Å². The molecule has 1 aromatic heterocycles. The molecular formula is C28H26N4O2. The van der Waals surface area contributed by atoms with Crippen molar-refractivity contribution in [3.63, 3.8) is 0 Å². The number of hydrogen-bond acceptors (Lipinski definition) is 5. The van der Waals surface area contributed by atoms with Crippen molar-refractivity contribution in [2.75, 3.05) is 0 Å². The van der Waals surface area contributed by atoms with Crippen LogP contribution in [0.2, 0.25) is 0 Å². The van der Waals surface area contributed by atoms with Gasteiger partial charge in [0.15, 0.2) is 0 Å². The summed E-state index contributed by atoms with van der Waals surface area (Å²) in [6, 6.07) is 17.0. The summed E-state index contributed by atoms with van der Waals surface area (Å²) in [5, 5.41) is 29.3. The highest BCUT2D eigenvalue weighted by Gasteiger charge is 2.26. The molecule has 1 atom stereocenters. The highest BCUT2D eigenvalue weighted by molar-refractivity contribution is 5.48. The minimum Gasteiger partial charge on any atom is -0.378 e. The largest absolute Gasteiger partial charge is 0.378 e. The minimum atomic E-state index is -0.973. The third kappa shape index (κ3) is 5.36. The molecule has 1 unspecified atom stereocenters. The van der Waals surface area contributed by atoms with E-state index in [0.29, 0.717) is 29.5 Å². The smallest absolute Gasteiger partial charge is 0.125 e. The molecule has 0 saturated heterocycles. The highest BCUT2D eigenvalue weighted by atomic mass is 16.5. The van der Waals surface area contributed by atoms with Crippen molar-refractivity contribution in [2.45, 2.75) is 50.4 Å². The van der Waals surface area contributed by atoms with Crippen LogP contribution >= 0.6 is 0 Å². The third-order valence-electron chi connectivity index (χ3n) is 6.22. The van der Waals surface area contributed by atoms with E-state index in [9.17, 15) is 10.4 Å². The van der Waals surface area contributed by atoms with Crippen LogP contribution in [0.5, 0.6) is 0 Å². The lowest BCUT2D eigenvalue weighted by Crippen LogP contribution is -2.29. The monoisotopic (exact) mass is 450 g/mol. The summed E-state index contributed by atoms with van der Waals surface area (Å²) in [6.07, 6.45) is 7.49. The SMILES string of the molecule is Cn1cncc1C(OCc1ccc(C#N)cc1C#CC1(O)CCCCC1)c1ccc(C#N)cc1. The third-order valence-corrected chi connectivity index (χ3v) is 6.22. The Hall–Kier alpha value is -3.89. The van der Waals surface area contributed by atoms with E-state index < -0.39 is 11.7 Å². The zero-order valence-electron chi connectivity index (χ0n) is 19.2. The van der Waals surface area contributed by atoms with Crippen molar-refractivity contribution >= 4 is 0 Å². The van der Waals surface area contributed by atoms with Gasteiger partial charge in [0, 0.05) is 12.6 Å². The molecule has 1 N–H and O–H groups in total. The number of rotatable bonds is 5. The first-order chi connectivity index (χ1) is 16.5. The van der Waals surface area contributed by atoms with E-state index in [2.05, 4.69) is 29.0 Å². The predicted molar refractivity (Wildman–Crippen MR) is 127 cm³/mol. The summed E-state index contributed by atoms with van der Waals surface area (Å²) in [7, 11) is 1.91. The van der Waals surface area contributed by atoms with E-state index in [-0.39, 0.29) is 6.61 Å². The summed E-state index contributed by atoms with van der Waals surface area (Å²) in [4.78, 5) is 4.23. The molecule has 0 aliphatic heterocycles. The molecule has 2 aromatic carbocycles. The molecule has 1 saturated carbocycles. The quantitative estimate of drug-likeness (QED) is 0.577. The van der Waals surface area contributed by atoms with Gasteiger partial charge in [-0.3, -0.25) is 0 Å². The van der Waals surface area contributed by atoms with Crippen LogP contribution in [-0.2, 0) is 18.4 Å². The molecule has 1 fully saturated rings. The molecule has 0 amide bonds. The second-order valence-corrected chi connectivity index (χ2v) is 8.68. The van der Waals surface area contributed by atoms with Crippen LogP contribution in [0.25, 0.3) is 0 Å². The summed E-state index contributed by atoms with van der Waals surface area (Å²) in [5.74, 6) is 6.21. The zero-order chi connectivity index (χ0) is 24.0. The number of benzene rings is 2. The molecule has 34 heavy (non-hydrogen) atoms. The van der Waals surface area contributed by atoms with Crippen LogP contribution < -0.4 is 0 Å². The molecule has 1 aliphatic rings. The van der Waals surface area contributed by atoms with Gasteiger partial charge in [-0.25, -0.2) is 4.98 Å². The Labute approximate surface area is 200 Å². The molecule has 4 rings (SSSR count). The number of aliphatic hydroxyl groups is 1. The zero-order valence-corrected chi connectivity index (χ0v) is 19.2. The van der Waals surface area contributed by atoms with Crippen LogP contribution in [0, 0.1) is 34.5 Å². The van der Waals surface area contributed by atoms with E-state index in [4.69, 9.17) is 10.00 Å². The molecule has 6 heteroatoms. The first kappa shape index (κ1) is 23.3. The Kier molecular flexibility index (Phi) is 7.09. The van der Waals surface area contributed by atoms with Crippen molar-refractivity contribution in [3.8, 4) is 24.0 Å². The first-order valence-corrected chi connectivity index (χ1v) is 11.4. The summed E-state index contributed by atoms with van der Waals surface area (Å²) >= 11 is 0. The highest BCUT2D eigenvalue weighted by Crippen LogP contribution is 2.29. The van der Waals surface area contributed by atoms with Crippen molar-refractivity contribution in [2.24, 2.45) is 7.05 Å². The molecule has 0 spiro atoms. The first-order valence-electron chi connectivity index (χ1n) is 11.4. The Morgan fingerprint density at radius 2 is 1.76 bits per heavy atom. The van der Waals surface area contributed by atoms with E-state index >= 15 is 0 Å². The second kappa shape index (κ2) is 10.4. The van der Waals surface area contributed by atoms with Crippen LogP contribution in [0.15, 0.2) is 55.0 Å². The minimum absolute atomic E-state index is 0.254. The van der Waals surface area contributed by atoms with Crippen LogP contribution in [0.4, 0.5) is 0 Å². The Balaban J connectivity index is 1.63. The van der Waals surface area contributed by atoms with Gasteiger partial charge in [0.05, 0.1) is 48.1 Å². The number of ether oxygens (including phenoxy) is 1. The van der Waals surface area contributed by atoms with Gasteiger partial charge in [-0.15, -0.1) is 0 Å². The fourth-order valence-corrected chi connectivity index (χ4v) is 4.21. The van der Waals surface area contributed by atoms with Gasteiger partial charge in [0.1, 0.15) is 11.7 Å². The lowest BCUT2D eigenvalue weighted by Gasteiger charge is -2.26. The molecule has 6 nitrogen and oxygen atoms in total. The van der Waals surface area contributed by atoms with Crippen LogP contribution in [-0.4, -0.2) is 20.3 Å². The molecular weight excluding hydrogens is 424 g/mol. The standard InChI is InChI=1S/C28H26N4O2/c1-32-20-31-18-26(32)27(23-8-5-21(16-29)6-9-23)34-19-25-10-7-22(17-30)15-24(25)11-14-28(33)12-3-2-4-13-28/h5-10,15,18,20,27,33H,2-4,12-13,19H2,1H3. The average Bonchev–Trinajstić information content (AvgIpc) is 3.29. The summed E-state index contributed by atoms with van der Waals surface area (Å²) in [6.45, 7) is 0.254. The van der Waals surface area contributed by atoms with Gasteiger partial charge in [0.25, 0.3) is 0 Å². The van der Waals surface area contributed by atoms with Crippen molar-refractivity contribution in [1.82, 2.24) is 9.55 Å². The number of nitriles is 2. The van der Waals surface area contributed by atoms with Gasteiger partial charge in [-0.1, -0.05) is 36.5 Å². The molecule has 0 bridgehead atoms. The predicted octanol–water partition coefficient (Wildman–Crippen LogP) is 4.52. The maximum absolute atomic E-state index is 10.8. The summed E-state index contributed by atoms with van der Waals surface area (Å²) in [5.41, 5.74) is 3.42. The fourth-order valence-electron chi connectivity index (χ4n) is 4.21. The Morgan fingerprint density at radius 3 is 2.41 bits per heavy atom. The molecule has 3 aromatic rings. The van der Waals surface area contributed by atoms with Crippen LogP contribution in [0.3, 0.4) is 0 Å². The van der Waals surface area contributed by atoms with Gasteiger partial charge in [0.2, 0.25) is 0 Å². The normalized spacial score (nSPS) is 15.4. The van der Waals surface area contributed by atoms with Gasteiger partial charge in [-0.2, -0.15) is 10.5 Å². The topological polar surface area (TPSA) is 94.9 Å². The Morgan fingerprint density at radius 1 is 1.06 bits per heavy atom. The number of imidazole rings is 1. The maximum Gasteiger partial charge on any atom is 0.125 e. The van der Waals surface area contributed by atoms with E-state index in [1.54, 1.807) is 36.8 Å². The lowest BCUT2D eigenvalue weighted by molar-refractivity contribution is 0.0605. The van der Waals surface area contributed by atoms with Gasteiger partial charge < -0.3 is 14.4 Å².